The molecule has 0 aliphatic heterocycles. The number of aldehydes is 1. The van der Waals surface area contributed by atoms with Gasteiger partial charge in [-0.3, -0.25) is 0 Å². The molecule has 0 saturated heterocycles. The van der Waals surface area contributed by atoms with E-state index >= 15 is 0 Å². The third-order valence-corrected chi connectivity index (χ3v) is 2.40. The Labute approximate surface area is 75.0 Å². The maximum absolute atomic E-state index is 10.8. The molecule has 0 rings (SSSR count). The lowest BCUT2D eigenvalue weighted by Gasteiger charge is -2.31. The van der Waals surface area contributed by atoms with E-state index in [0.717, 1.165) is 19.1 Å². The largest absolute Gasteiger partial charge is 0.396 e. The van der Waals surface area contributed by atoms with Crippen molar-refractivity contribution in [2.75, 3.05) is 6.61 Å². The molecule has 0 saturated carbocycles. The van der Waals surface area contributed by atoms with Crippen LogP contribution in [0, 0.1) is 10.8 Å². The zero-order valence-electron chi connectivity index (χ0n) is 8.55. The van der Waals surface area contributed by atoms with E-state index in [9.17, 15) is 4.79 Å². The molecular weight excluding hydrogens is 152 g/mol. The Kier molecular flexibility index (Phi) is 3.91. The average Bonchev–Trinajstić information content (AvgIpc) is 2.04. The molecule has 1 N–H and O–H groups in total. The summed E-state index contributed by atoms with van der Waals surface area (Å²) in [5.41, 5.74) is -0.419. The minimum atomic E-state index is -0.272. The average molecular weight is 172 g/mol. The fourth-order valence-electron chi connectivity index (χ4n) is 1.40. The summed E-state index contributed by atoms with van der Waals surface area (Å²) in [4.78, 5) is 10.8. The molecule has 0 amide bonds. The maximum Gasteiger partial charge on any atom is 0.125 e. The molecule has 0 aromatic heterocycles. The van der Waals surface area contributed by atoms with Crippen molar-refractivity contribution in [2.24, 2.45) is 10.8 Å². The van der Waals surface area contributed by atoms with E-state index in [1.54, 1.807) is 0 Å². The summed E-state index contributed by atoms with van der Waals surface area (Å²) in [5, 5.41) is 9.03. The summed E-state index contributed by atoms with van der Waals surface area (Å²) in [7, 11) is 0. The first-order chi connectivity index (χ1) is 5.39. The van der Waals surface area contributed by atoms with Crippen molar-refractivity contribution in [2.45, 2.75) is 40.5 Å². The van der Waals surface area contributed by atoms with Crippen LogP contribution in [0.4, 0.5) is 0 Å². The molecular formula is C10H20O2. The lowest BCUT2D eigenvalue weighted by atomic mass is 9.74. The first-order valence-corrected chi connectivity index (χ1v) is 4.46. The van der Waals surface area contributed by atoms with Crippen molar-refractivity contribution in [1.82, 2.24) is 0 Å². The molecule has 1 unspecified atom stereocenters. The Hall–Kier alpha value is -0.370. The number of carbonyl (C=O) groups excluding carboxylic acids is 1. The van der Waals surface area contributed by atoms with E-state index in [0.29, 0.717) is 0 Å². The van der Waals surface area contributed by atoms with Gasteiger partial charge < -0.3 is 9.90 Å². The Morgan fingerprint density at radius 3 is 2.08 bits per heavy atom. The second kappa shape index (κ2) is 4.04. The molecule has 0 radical (unpaired) electrons. The molecule has 0 aromatic rings. The molecule has 12 heavy (non-hydrogen) atoms. The molecule has 0 spiro atoms. The zero-order chi connectivity index (χ0) is 9.83. The summed E-state index contributed by atoms with van der Waals surface area (Å²) in [6.07, 6.45) is 2.58. The van der Waals surface area contributed by atoms with Gasteiger partial charge in [0, 0.05) is 12.0 Å². The Bertz CT molecular complexity index is 152. The predicted molar refractivity (Wildman–Crippen MR) is 49.9 cm³/mol. The van der Waals surface area contributed by atoms with Gasteiger partial charge in [-0.2, -0.15) is 0 Å². The van der Waals surface area contributed by atoms with Gasteiger partial charge in [0.2, 0.25) is 0 Å². The smallest absolute Gasteiger partial charge is 0.125 e. The second-order valence-electron chi connectivity index (χ2n) is 4.62. The monoisotopic (exact) mass is 172 g/mol. The first kappa shape index (κ1) is 11.6. The summed E-state index contributed by atoms with van der Waals surface area (Å²) in [6, 6.07) is 0. The summed E-state index contributed by atoms with van der Waals surface area (Å²) >= 11 is 0. The second-order valence-corrected chi connectivity index (χ2v) is 4.62. The van der Waals surface area contributed by atoms with E-state index in [1.807, 2.05) is 27.7 Å². The van der Waals surface area contributed by atoms with Crippen molar-refractivity contribution >= 4 is 6.29 Å². The van der Waals surface area contributed by atoms with Gasteiger partial charge in [0.15, 0.2) is 0 Å². The molecule has 2 nitrogen and oxygen atoms in total. The highest BCUT2D eigenvalue weighted by Gasteiger charge is 2.30. The molecule has 0 heterocycles. The lowest BCUT2D eigenvalue weighted by Crippen LogP contribution is -2.28. The van der Waals surface area contributed by atoms with Gasteiger partial charge in [-0.1, -0.05) is 27.7 Å². The third-order valence-electron chi connectivity index (χ3n) is 2.40. The first-order valence-electron chi connectivity index (χ1n) is 4.46. The fourth-order valence-corrected chi connectivity index (χ4v) is 1.40. The summed E-state index contributed by atoms with van der Waals surface area (Å²) in [6.45, 7) is 8.03. The number of aliphatic hydroxyl groups excluding tert-OH is 1. The zero-order valence-corrected chi connectivity index (χ0v) is 8.55. The van der Waals surface area contributed by atoms with Crippen molar-refractivity contribution < 1.29 is 9.90 Å². The van der Waals surface area contributed by atoms with Crippen LogP contribution < -0.4 is 0 Å². The van der Waals surface area contributed by atoms with Crippen LogP contribution in [0.1, 0.15) is 40.5 Å². The highest BCUT2D eigenvalue weighted by Crippen LogP contribution is 2.34. The molecule has 72 valence electrons. The molecule has 2 heteroatoms. The summed E-state index contributed by atoms with van der Waals surface area (Å²) in [5.74, 6) is 0. The topological polar surface area (TPSA) is 37.3 Å². The van der Waals surface area contributed by atoms with Gasteiger partial charge in [0.1, 0.15) is 6.29 Å². The molecule has 1 atom stereocenters. The molecule has 0 bridgehead atoms. The van der Waals surface area contributed by atoms with Gasteiger partial charge in [-0.25, -0.2) is 0 Å². The van der Waals surface area contributed by atoms with Crippen LogP contribution in [0.3, 0.4) is 0 Å². The Morgan fingerprint density at radius 2 is 1.83 bits per heavy atom. The van der Waals surface area contributed by atoms with Crippen molar-refractivity contribution in [3.05, 3.63) is 0 Å². The molecule has 0 fully saturated rings. The van der Waals surface area contributed by atoms with Crippen LogP contribution in [0.25, 0.3) is 0 Å². The van der Waals surface area contributed by atoms with E-state index in [-0.39, 0.29) is 17.4 Å². The van der Waals surface area contributed by atoms with Crippen LogP contribution in [-0.4, -0.2) is 18.0 Å². The maximum atomic E-state index is 10.8. The van der Waals surface area contributed by atoms with E-state index < -0.39 is 0 Å². The fraction of sp³-hybridized carbons (Fsp3) is 0.900. The van der Waals surface area contributed by atoms with Crippen LogP contribution in [-0.2, 0) is 4.79 Å². The number of hydrogen-bond donors (Lipinski definition) is 1. The third kappa shape index (κ3) is 3.35. The van der Waals surface area contributed by atoms with E-state index in [4.69, 9.17) is 5.11 Å². The number of hydrogen-bond acceptors (Lipinski definition) is 2. The molecule has 0 aliphatic carbocycles. The molecule has 0 aliphatic rings. The molecule has 0 aromatic carbocycles. The van der Waals surface area contributed by atoms with E-state index in [2.05, 4.69) is 0 Å². The van der Waals surface area contributed by atoms with Crippen LogP contribution in [0.15, 0.2) is 0 Å². The van der Waals surface area contributed by atoms with Gasteiger partial charge in [-0.05, 0) is 18.3 Å². The van der Waals surface area contributed by atoms with Gasteiger partial charge in [0.25, 0.3) is 0 Å². The Morgan fingerprint density at radius 1 is 1.33 bits per heavy atom. The quantitative estimate of drug-likeness (QED) is 0.644. The number of rotatable bonds is 5. The van der Waals surface area contributed by atoms with Gasteiger partial charge >= 0.3 is 0 Å². The normalized spacial score (nSPS) is 17.1. The summed E-state index contributed by atoms with van der Waals surface area (Å²) < 4.78 is 0. The SMILES string of the molecule is CCC(C)(C=O)CC(C)(C)CO. The minimum absolute atomic E-state index is 0.135. The minimum Gasteiger partial charge on any atom is -0.396 e. The van der Waals surface area contributed by atoms with Crippen molar-refractivity contribution in [3.8, 4) is 0 Å². The van der Waals surface area contributed by atoms with Crippen molar-refractivity contribution in [3.63, 3.8) is 0 Å². The van der Waals surface area contributed by atoms with E-state index in [1.165, 1.54) is 0 Å². The lowest BCUT2D eigenvalue weighted by molar-refractivity contribution is -0.117. The number of carbonyl (C=O) groups is 1. The highest BCUT2D eigenvalue weighted by molar-refractivity contribution is 5.58. The number of aliphatic hydroxyl groups is 1. The van der Waals surface area contributed by atoms with Gasteiger partial charge in [-0.15, -0.1) is 0 Å². The van der Waals surface area contributed by atoms with Crippen molar-refractivity contribution in [1.29, 1.82) is 0 Å². The van der Waals surface area contributed by atoms with Crippen LogP contribution >= 0.6 is 0 Å². The van der Waals surface area contributed by atoms with Crippen LogP contribution in [0.2, 0.25) is 0 Å². The predicted octanol–water partition coefficient (Wildman–Crippen LogP) is 2.01. The standard InChI is InChI=1S/C10H20O2/c1-5-10(4,8-12)6-9(2,3)7-11/h8,11H,5-7H2,1-4H3. The Balaban J connectivity index is 4.29. The highest BCUT2D eigenvalue weighted by atomic mass is 16.3. The van der Waals surface area contributed by atoms with Crippen LogP contribution in [0.5, 0.6) is 0 Å². The van der Waals surface area contributed by atoms with Gasteiger partial charge in [0.05, 0.1) is 0 Å².